The van der Waals surface area contributed by atoms with Crippen molar-refractivity contribution >= 4 is 27.8 Å². The second kappa shape index (κ2) is 6.45. The Morgan fingerprint density at radius 2 is 1.96 bits per heavy atom. The number of hydrogen-bond donors (Lipinski definition) is 1. The number of aromatic carboxylic acids is 1. The number of carbonyl (C=O) groups is 2. The molecule has 3 aromatic rings. The zero-order valence-corrected chi connectivity index (χ0v) is 15.1. The van der Waals surface area contributed by atoms with Crippen molar-refractivity contribution in [1.82, 2.24) is 14.7 Å². The van der Waals surface area contributed by atoms with Crippen molar-refractivity contribution < 1.29 is 19.1 Å². The third-order valence-corrected chi connectivity index (χ3v) is 4.88. The maximum absolute atomic E-state index is 12.5. The molecule has 1 amide bonds. The number of benzene rings is 1. The number of hydrogen-bond acceptors (Lipinski definition) is 4. The number of nitrogens with zero attached hydrogens (tertiary/aromatic N) is 3. The minimum absolute atomic E-state index is 0.0279. The first-order valence-corrected chi connectivity index (χ1v) is 8.76. The molecule has 132 valence electrons. The molecule has 0 bridgehead atoms. The van der Waals surface area contributed by atoms with Crippen molar-refractivity contribution in [3.63, 3.8) is 0 Å². The van der Waals surface area contributed by atoms with Crippen LogP contribution in [-0.2, 0) is 13.0 Å². The summed E-state index contributed by atoms with van der Waals surface area (Å²) in [6.45, 7) is 0.654. The van der Waals surface area contributed by atoms with Crippen LogP contribution in [0.4, 0.5) is 0 Å². The van der Waals surface area contributed by atoms with Crippen LogP contribution in [0.25, 0.3) is 5.69 Å². The van der Waals surface area contributed by atoms with Crippen LogP contribution in [-0.4, -0.2) is 38.2 Å². The standard InChI is InChI=1S/C18H14BrN3O4/c19-11-3-5-12(6-4-11)22-14-7-8-21(17(23)15-2-1-9-26-15)10-13(14)16(20-22)18(24)25/h1-6,9H,7-8,10H2,(H,24,25). The van der Waals surface area contributed by atoms with E-state index in [1.54, 1.807) is 21.7 Å². The molecule has 0 aliphatic carbocycles. The molecule has 26 heavy (non-hydrogen) atoms. The van der Waals surface area contributed by atoms with E-state index in [0.29, 0.717) is 18.5 Å². The maximum atomic E-state index is 12.5. The third kappa shape index (κ3) is 2.82. The van der Waals surface area contributed by atoms with E-state index in [2.05, 4.69) is 21.0 Å². The van der Waals surface area contributed by atoms with Gasteiger partial charge in [-0.3, -0.25) is 4.79 Å². The second-order valence-electron chi connectivity index (χ2n) is 5.92. The van der Waals surface area contributed by atoms with Crippen LogP contribution >= 0.6 is 15.9 Å². The fourth-order valence-electron chi connectivity index (χ4n) is 3.12. The number of fused-ring (bicyclic) bond motifs is 1. The van der Waals surface area contributed by atoms with Gasteiger partial charge >= 0.3 is 5.97 Å². The average Bonchev–Trinajstić information content (AvgIpc) is 3.29. The van der Waals surface area contributed by atoms with E-state index in [1.807, 2.05) is 24.3 Å². The summed E-state index contributed by atoms with van der Waals surface area (Å²) in [6, 6.07) is 10.7. The van der Waals surface area contributed by atoms with Crippen molar-refractivity contribution in [1.29, 1.82) is 0 Å². The monoisotopic (exact) mass is 415 g/mol. The number of carbonyl (C=O) groups excluding carboxylic acids is 1. The predicted octanol–water partition coefficient (Wildman–Crippen LogP) is 3.12. The van der Waals surface area contributed by atoms with Crippen LogP contribution in [0.2, 0.25) is 0 Å². The molecule has 0 atom stereocenters. The molecule has 0 radical (unpaired) electrons. The van der Waals surface area contributed by atoms with E-state index in [9.17, 15) is 14.7 Å². The number of amides is 1. The van der Waals surface area contributed by atoms with Gasteiger partial charge < -0.3 is 14.4 Å². The van der Waals surface area contributed by atoms with E-state index in [0.717, 1.165) is 15.9 Å². The van der Waals surface area contributed by atoms with Gasteiger partial charge in [-0.15, -0.1) is 0 Å². The van der Waals surface area contributed by atoms with Gasteiger partial charge in [-0.05, 0) is 36.4 Å². The lowest BCUT2D eigenvalue weighted by Crippen LogP contribution is -2.36. The summed E-state index contributed by atoms with van der Waals surface area (Å²) >= 11 is 3.39. The lowest BCUT2D eigenvalue weighted by atomic mass is 10.0. The summed E-state index contributed by atoms with van der Waals surface area (Å²) in [5.41, 5.74) is 2.13. The van der Waals surface area contributed by atoms with Crippen LogP contribution in [0.5, 0.6) is 0 Å². The number of carboxylic acids is 1. The fourth-order valence-corrected chi connectivity index (χ4v) is 3.38. The Morgan fingerprint density at radius 1 is 1.19 bits per heavy atom. The number of rotatable bonds is 3. The minimum Gasteiger partial charge on any atom is -0.476 e. The Labute approximate surface area is 157 Å². The van der Waals surface area contributed by atoms with Crippen LogP contribution < -0.4 is 0 Å². The van der Waals surface area contributed by atoms with Crippen molar-refractivity contribution in [3.05, 3.63) is 69.8 Å². The van der Waals surface area contributed by atoms with Crippen LogP contribution in [0.15, 0.2) is 51.6 Å². The quantitative estimate of drug-likeness (QED) is 0.709. The van der Waals surface area contributed by atoms with Crippen LogP contribution in [0, 0.1) is 0 Å². The molecule has 0 saturated heterocycles. The van der Waals surface area contributed by atoms with E-state index < -0.39 is 5.97 Å². The zero-order chi connectivity index (χ0) is 18.3. The molecule has 0 unspecified atom stereocenters. The number of aromatic nitrogens is 2. The molecule has 0 spiro atoms. The molecular weight excluding hydrogens is 402 g/mol. The summed E-state index contributed by atoms with van der Waals surface area (Å²) in [5.74, 6) is -1.12. The van der Waals surface area contributed by atoms with Crippen molar-refractivity contribution in [3.8, 4) is 5.69 Å². The first-order valence-electron chi connectivity index (χ1n) is 7.97. The summed E-state index contributed by atoms with van der Waals surface area (Å²) in [4.78, 5) is 25.8. The number of halogens is 1. The molecule has 8 heteroatoms. The highest BCUT2D eigenvalue weighted by molar-refractivity contribution is 9.10. The Hall–Kier alpha value is -2.87. The molecule has 4 rings (SSSR count). The molecule has 0 fully saturated rings. The van der Waals surface area contributed by atoms with E-state index in [-0.39, 0.29) is 23.9 Å². The topological polar surface area (TPSA) is 88.6 Å². The number of furan rings is 1. The Morgan fingerprint density at radius 3 is 2.62 bits per heavy atom. The van der Waals surface area contributed by atoms with Crippen LogP contribution in [0.3, 0.4) is 0 Å². The first kappa shape index (κ1) is 16.6. The molecular formula is C18H14BrN3O4. The van der Waals surface area contributed by atoms with Gasteiger partial charge in [0.1, 0.15) is 0 Å². The van der Waals surface area contributed by atoms with Gasteiger partial charge in [-0.2, -0.15) is 5.10 Å². The molecule has 3 heterocycles. The number of carboxylic acid groups (broad SMARTS) is 1. The van der Waals surface area contributed by atoms with Gasteiger partial charge in [0.25, 0.3) is 5.91 Å². The molecule has 7 nitrogen and oxygen atoms in total. The normalized spacial score (nSPS) is 13.5. The van der Waals surface area contributed by atoms with E-state index in [4.69, 9.17) is 4.42 Å². The van der Waals surface area contributed by atoms with Crippen molar-refractivity contribution in [2.75, 3.05) is 6.54 Å². The van der Waals surface area contributed by atoms with Gasteiger partial charge in [0.2, 0.25) is 0 Å². The van der Waals surface area contributed by atoms with Gasteiger partial charge in [-0.1, -0.05) is 15.9 Å². The SMILES string of the molecule is O=C(O)c1nn(-c2ccc(Br)cc2)c2c1CN(C(=O)c1ccco1)CC2. The minimum atomic E-state index is -1.11. The molecule has 1 aromatic carbocycles. The van der Waals surface area contributed by atoms with Crippen molar-refractivity contribution in [2.24, 2.45) is 0 Å². The van der Waals surface area contributed by atoms with Gasteiger partial charge in [0, 0.05) is 23.0 Å². The predicted molar refractivity (Wildman–Crippen MR) is 95.4 cm³/mol. The Kier molecular flexibility index (Phi) is 4.12. The average molecular weight is 416 g/mol. The van der Waals surface area contributed by atoms with Gasteiger partial charge in [0.05, 0.1) is 24.2 Å². The Balaban J connectivity index is 1.73. The van der Waals surface area contributed by atoms with E-state index >= 15 is 0 Å². The molecule has 1 N–H and O–H groups in total. The van der Waals surface area contributed by atoms with Gasteiger partial charge in [0.15, 0.2) is 11.5 Å². The third-order valence-electron chi connectivity index (χ3n) is 4.35. The van der Waals surface area contributed by atoms with Crippen molar-refractivity contribution in [2.45, 2.75) is 13.0 Å². The summed E-state index contributed by atoms with van der Waals surface area (Å²) < 4.78 is 7.75. The lowest BCUT2D eigenvalue weighted by molar-refractivity contribution is 0.0665. The first-order chi connectivity index (χ1) is 12.5. The Bertz CT molecular complexity index is 977. The fraction of sp³-hybridized carbons (Fsp3) is 0.167. The molecule has 1 aliphatic rings. The van der Waals surface area contributed by atoms with Gasteiger partial charge in [-0.25, -0.2) is 9.48 Å². The summed E-state index contributed by atoms with van der Waals surface area (Å²) in [5, 5.41) is 13.8. The molecule has 2 aromatic heterocycles. The smallest absolute Gasteiger partial charge is 0.356 e. The second-order valence-corrected chi connectivity index (χ2v) is 6.84. The highest BCUT2D eigenvalue weighted by Gasteiger charge is 2.31. The highest BCUT2D eigenvalue weighted by Crippen LogP contribution is 2.27. The zero-order valence-electron chi connectivity index (χ0n) is 13.6. The maximum Gasteiger partial charge on any atom is 0.356 e. The lowest BCUT2D eigenvalue weighted by Gasteiger charge is -2.27. The van der Waals surface area contributed by atoms with Crippen LogP contribution in [0.1, 0.15) is 32.3 Å². The molecule has 0 saturated carbocycles. The largest absolute Gasteiger partial charge is 0.476 e. The summed E-state index contributed by atoms with van der Waals surface area (Å²) in [7, 11) is 0. The highest BCUT2D eigenvalue weighted by atomic mass is 79.9. The van der Waals surface area contributed by atoms with E-state index in [1.165, 1.54) is 6.26 Å². The molecule has 1 aliphatic heterocycles. The summed E-state index contributed by atoms with van der Waals surface area (Å²) in [6.07, 6.45) is 1.95.